The maximum atomic E-state index is 14.1. The van der Waals surface area contributed by atoms with Crippen molar-refractivity contribution in [3.63, 3.8) is 0 Å². The molecule has 0 heterocycles. The van der Waals surface area contributed by atoms with Gasteiger partial charge in [-0.15, -0.1) is 0 Å². The van der Waals surface area contributed by atoms with E-state index in [4.69, 9.17) is 10.2 Å². The van der Waals surface area contributed by atoms with Crippen molar-refractivity contribution in [1.29, 1.82) is 0 Å². The van der Waals surface area contributed by atoms with E-state index in [1.165, 1.54) is 6.92 Å². The van der Waals surface area contributed by atoms with Crippen molar-refractivity contribution in [3.05, 3.63) is 56.9 Å². The fraction of sp³-hybridized carbons (Fsp3) is 0.444. The fourth-order valence-electron chi connectivity index (χ4n) is 3.01. The maximum absolute atomic E-state index is 14.1. The van der Waals surface area contributed by atoms with Gasteiger partial charge in [0, 0.05) is 25.2 Å². The fourth-order valence-corrected chi connectivity index (χ4v) is 3.01. The first-order valence-corrected chi connectivity index (χ1v) is 9.86. The van der Waals surface area contributed by atoms with Gasteiger partial charge < -0.3 is 10.2 Å². The van der Waals surface area contributed by atoms with Gasteiger partial charge in [0.25, 0.3) is 0 Å². The Morgan fingerprint density at radius 2 is 0.852 bits per heavy atom. The van der Waals surface area contributed by atoms with Crippen LogP contribution >= 0.6 is 9.70 Å². The molecule has 0 saturated heterocycles. The van der Waals surface area contributed by atoms with Gasteiger partial charge in [-0.2, -0.15) is 0 Å². The van der Waals surface area contributed by atoms with Gasteiger partial charge in [0.2, 0.25) is 5.82 Å². The molecule has 1 aliphatic rings. The molecule has 0 amide bonds. The molecule has 0 bridgehead atoms. The van der Waals surface area contributed by atoms with Crippen LogP contribution in [-0.4, -0.2) is 24.4 Å². The Kier molecular flexibility index (Phi) is 12.5. The van der Waals surface area contributed by atoms with Crippen molar-refractivity contribution >= 4 is 9.70 Å². The molecule has 2 N–H and O–H groups in total. The molecule has 0 fully saturated rings. The van der Waals surface area contributed by atoms with Crippen LogP contribution in [0.1, 0.15) is 40.2 Å². The van der Waals surface area contributed by atoms with Crippen LogP contribution in [0.25, 0.3) is 0 Å². The zero-order valence-electron chi connectivity index (χ0n) is 16.2. The Labute approximate surface area is 171 Å². The van der Waals surface area contributed by atoms with E-state index in [0.717, 1.165) is 25.4 Å². The third kappa shape index (κ3) is 4.79. The van der Waals surface area contributed by atoms with Crippen molar-refractivity contribution in [2.24, 2.45) is 0 Å². The van der Waals surface area contributed by atoms with Crippen molar-refractivity contribution < 1.29 is 50.8 Å². The van der Waals surface area contributed by atoms with Crippen LogP contribution in [0.5, 0.6) is 0 Å². The molecular weight excluding hydrogens is 423 g/mol. The number of rotatable bonds is 1. The first-order chi connectivity index (χ1) is 12.6. The molecular formula is C18H23F5O2STi. The van der Waals surface area contributed by atoms with Gasteiger partial charge in [-0.25, -0.2) is 22.0 Å². The van der Waals surface area contributed by atoms with E-state index in [0.29, 0.717) is 11.1 Å². The van der Waals surface area contributed by atoms with E-state index in [2.05, 4.69) is 9.70 Å². The molecule has 0 spiro atoms. The standard InChI is InChI=1S/C16H15F5.2CH4O.S.Ti/c1-6-7(2)9(4)16(5,8(6)3)10-11(17)13(19)15(21)14(20)12(10)18;2*1-2;;/h1-5H3;2*2H,1H3;;. The van der Waals surface area contributed by atoms with E-state index in [9.17, 15) is 22.0 Å². The second-order valence-corrected chi connectivity index (χ2v) is 5.57. The van der Waals surface area contributed by atoms with Crippen LogP contribution in [0.15, 0.2) is 22.3 Å². The zero-order chi connectivity index (χ0) is 22.3. The molecule has 0 atom stereocenters. The van der Waals surface area contributed by atoms with E-state index < -0.39 is 40.1 Å². The summed E-state index contributed by atoms with van der Waals surface area (Å²) in [4.78, 5) is 0. The Morgan fingerprint density at radius 3 is 1.11 bits per heavy atom. The molecule has 0 saturated carbocycles. The minimum absolute atomic E-state index is 0.584. The summed E-state index contributed by atoms with van der Waals surface area (Å²) in [7, 11) is 6.08. The number of hydrogen-bond acceptors (Lipinski definition) is 3. The van der Waals surface area contributed by atoms with Gasteiger partial charge in [0.05, 0.1) is 0 Å². The van der Waals surface area contributed by atoms with Crippen molar-refractivity contribution in [3.8, 4) is 0 Å². The Bertz CT molecular complexity index is 695. The summed E-state index contributed by atoms with van der Waals surface area (Å²) in [6.07, 6.45) is 0. The van der Waals surface area contributed by atoms with E-state index in [-0.39, 0.29) is 0 Å². The molecule has 0 aromatic heterocycles. The van der Waals surface area contributed by atoms with Crippen LogP contribution in [0.3, 0.4) is 0 Å². The molecule has 0 unspecified atom stereocenters. The average Bonchev–Trinajstić information content (AvgIpc) is 2.85. The van der Waals surface area contributed by atoms with Crippen molar-refractivity contribution in [2.45, 2.75) is 40.0 Å². The van der Waals surface area contributed by atoms with Gasteiger partial charge in [0.15, 0.2) is 23.3 Å². The van der Waals surface area contributed by atoms with Crippen LogP contribution in [0.4, 0.5) is 22.0 Å². The van der Waals surface area contributed by atoms with Gasteiger partial charge in [-0.1, -0.05) is 11.1 Å². The summed E-state index contributed by atoms with van der Waals surface area (Å²) in [5.41, 5.74) is 0.655. The second-order valence-electron chi connectivity index (χ2n) is 5.57. The molecule has 1 aromatic carbocycles. The average molecular weight is 446 g/mol. The molecule has 2 rings (SSSR count). The van der Waals surface area contributed by atoms with E-state index in [1.807, 2.05) is 0 Å². The predicted octanol–water partition coefficient (Wildman–Crippen LogP) is 5.19. The molecule has 27 heavy (non-hydrogen) atoms. The Balaban J connectivity index is 0. The summed E-state index contributed by atoms with van der Waals surface area (Å²) in [6.45, 7) is 8.31. The third-order valence-corrected chi connectivity index (χ3v) is 4.90. The van der Waals surface area contributed by atoms with Gasteiger partial charge in [-0.3, -0.25) is 0 Å². The number of aliphatic hydroxyl groups excluding tert-OH is 2. The molecule has 0 radical (unpaired) electrons. The molecule has 1 aliphatic carbocycles. The topological polar surface area (TPSA) is 40.5 Å². The summed E-state index contributed by atoms with van der Waals surface area (Å²) in [5.74, 6) is -9.49. The number of aliphatic hydroxyl groups is 2. The van der Waals surface area contributed by atoms with Crippen molar-refractivity contribution in [2.75, 3.05) is 14.2 Å². The van der Waals surface area contributed by atoms with Crippen LogP contribution in [-0.2, 0) is 24.0 Å². The van der Waals surface area contributed by atoms with E-state index in [1.54, 1.807) is 46.3 Å². The number of hydrogen-bond donors (Lipinski definition) is 2. The number of halogens is 5. The summed E-state index contributed by atoms with van der Waals surface area (Å²) in [5, 5.41) is 14.0. The molecule has 0 aliphatic heterocycles. The number of benzene rings is 1. The molecule has 1 aromatic rings. The second kappa shape index (κ2) is 11.9. The normalized spacial score (nSPS) is 14.6. The first-order valence-electron chi connectivity index (χ1n) is 7.54. The van der Waals surface area contributed by atoms with Gasteiger partial charge in [0.1, 0.15) is 0 Å². The first kappa shape index (κ1) is 28.4. The van der Waals surface area contributed by atoms with Gasteiger partial charge in [-0.05, 0) is 45.8 Å². The van der Waals surface area contributed by atoms with Gasteiger partial charge >= 0.3 is 28.3 Å². The van der Waals surface area contributed by atoms with Crippen LogP contribution in [0.2, 0.25) is 0 Å². The number of allylic oxidation sites excluding steroid dienone is 4. The Hall–Kier alpha value is -0.796. The SMILES string of the molecule is CC1=C(C)C(C)(c2c(F)c(F)c(F)c(F)c2F)C(C)=C1C.CO.CO.[S]=[Ti]. The zero-order valence-corrected chi connectivity index (χ0v) is 18.6. The van der Waals surface area contributed by atoms with Crippen molar-refractivity contribution in [1.82, 2.24) is 0 Å². The minimum atomic E-state index is -2.13. The summed E-state index contributed by atoms with van der Waals surface area (Å²) >= 11 is 1.58. The Morgan fingerprint density at radius 1 is 0.630 bits per heavy atom. The predicted molar refractivity (Wildman–Crippen MR) is 94.2 cm³/mol. The quantitative estimate of drug-likeness (QED) is 0.270. The third-order valence-electron chi connectivity index (χ3n) is 4.90. The molecule has 2 nitrogen and oxygen atoms in total. The van der Waals surface area contributed by atoms with E-state index >= 15 is 0 Å². The van der Waals surface area contributed by atoms with Crippen LogP contribution in [0, 0.1) is 29.1 Å². The monoisotopic (exact) mass is 446 g/mol. The summed E-state index contributed by atoms with van der Waals surface area (Å²) < 4.78 is 68.4. The van der Waals surface area contributed by atoms with Crippen LogP contribution < -0.4 is 0 Å². The molecule has 152 valence electrons. The molecule has 9 heteroatoms. The summed E-state index contributed by atoms with van der Waals surface area (Å²) in [6, 6.07) is 0.